The third-order valence-electron chi connectivity index (χ3n) is 3.65. The number of aromatic nitrogens is 2. The van der Waals surface area contributed by atoms with Gasteiger partial charge in [-0.05, 0) is 43.0 Å². The fraction of sp³-hybridized carbons (Fsp3) is 0.368. The van der Waals surface area contributed by atoms with Crippen LogP contribution in [-0.2, 0) is 6.54 Å². The number of rotatable bonds is 5. The van der Waals surface area contributed by atoms with Gasteiger partial charge >= 0.3 is 5.69 Å². The molecule has 0 saturated carbocycles. The lowest BCUT2D eigenvalue weighted by molar-refractivity contribution is 0.403. The molecule has 5 nitrogen and oxygen atoms in total. The average Bonchev–Trinajstić information content (AvgIpc) is 2.45. The van der Waals surface area contributed by atoms with Gasteiger partial charge in [0.25, 0.3) is 5.56 Å². The Morgan fingerprint density at radius 1 is 1.21 bits per heavy atom. The van der Waals surface area contributed by atoms with Crippen LogP contribution >= 0.6 is 0 Å². The maximum absolute atomic E-state index is 12.3. The van der Waals surface area contributed by atoms with Crippen molar-refractivity contribution in [2.45, 2.75) is 46.6 Å². The number of hydrogen-bond donors (Lipinski definition) is 1. The van der Waals surface area contributed by atoms with Crippen molar-refractivity contribution < 1.29 is 4.74 Å². The van der Waals surface area contributed by atoms with Crippen molar-refractivity contribution in [2.75, 3.05) is 0 Å². The minimum atomic E-state index is -0.515. The molecule has 126 valence electrons. The molecule has 0 radical (unpaired) electrons. The Bertz CT molecular complexity index is 878. The highest BCUT2D eigenvalue weighted by Crippen LogP contribution is 2.28. The van der Waals surface area contributed by atoms with Gasteiger partial charge in [0.15, 0.2) is 0 Å². The van der Waals surface area contributed by atoms with E-state index in [-0.39, 0.29) is 18.3 Å². The molecule has 1 aromatic heterocycles. The number of aromatic amines is 1. The summed E-state index contributed by atoms with van der Waals surface area (Å²) < 4.78 is 7.39. The Balaban J connectivity index is 2.66. The van der Waals surface area contributed by atoms with Crippen molar-refractivity contribution in [3.63, 3.8) is 0 Å². The molecule has 0 fully saturated rings. The molecule has 1 N–H and O–H groups in total. The van der Waals surface area contributed by atoms with E-state index in [4.69, 9.17) is 11.2 Å². The van der Waals surface area contributed by atoms with E-state index in [0.717, 1.165) is 11.1 Å². The molecule has 0 amide bonds. The molecule has 2 rings (SSSR count). The minimum Gasteiger partial charge on any atom is -0.440 e. The smallest absolute Gasteiger partial charge is 0.331 e. The molecule has 0 aliphatic rings. The molecule has 24 heavy (non-hydrogen) atoms. The van der Waals surface area contributed by atoms with Gasteiger partial charge in [-0.3, -0.25) is 14.3 Å². The molecule has 0 atom stereocenters. The van der Waals surface area contributed by atoms with Crippen LogP contribution in [0.4, 0.5) is 0 Å². The number of ether oxygens (including phenoxy) is 1. The highest BCUT2D eigenvalue weighted by molar-refractivity contribution is 5.38. The van der Waals surface area contributed by atoms with Crippen molar-refractivity contribution in [1.82, 2.24) is 9.55 Å². The second kappa shape index (κ2) is 7.22. The number of nitrogens with zero attached hydrogens (tertiary/aromatic N) is 1. The number of benzene rings is 1. The summed E-state index contributed by atoms with van der Waals surface area (Å²) in [5.41, 5.74) is 1.58. The van der Waals surface area contributed by atoms with Crippen molar-refractivity contribution in [3.05, 3.63) is 55.7 Å². The third kappa shape index (κ3) is 3.77. The van der Waals surface area contributed by atoms with Crippen molar-refractivity contribution in [1.29, 1.82) is 0 Å². The largest absolute Gasteiger partial charge is 0.440 e. The predicted octanol–water partition coefficient (Wildman–Crippen LogP) is 3.09. The van der Waals surface area contributed by atoms with Crippen LogP contribution < -0.4 is 16.0 Å². The van der Waals surface area contributed by atoms with Gasteiger partial charge in [0, 0.05) is 13.0 Å². The van der Waals surface area contributed by atoms with Crippen molar-refractivity contribution in [2.24, 2.45) is 0 Å². The Kier molecular flexibility index (Phi) is 5.30. The first-order valence-electron chi connectivity index (χ1n) is 7.90. The van der Waals surface area contributed by atoms with E-state index >= 15 is 0 Å². The zero-order chi connectivity index (χ0) is 17.9. The van der Waals surface area contributed by atoms with Crippen LogP contribution in [0.1, 0.15) is 42.9 Å². The molecule has 0 aliphatic carbocycles. The first-order chi connectivity index (χ1) is 11.3. The highest BCUT2D eigenvalue weighted by atomic mass is 16.5. The Hall–Kier alpha value is -2.74. The maximum Gasteiger partial charge on any atom is 0.331 e. The zero-order valence-corrected chi connectivity index (χ0v) is 14.5. The van der Waals surface area contributed by atoms with Gasteiger partial charge in [-0.25, -0.2) is 4.79 Å². The first-order valence-corrected chi connectivity index (χ1v) is 7.90. The Labute approximate surface area is 141 Å². The lowest BCUT2D eigenvalue weighted by Crippen LogP contribution is -2.33. The van der Waals surface area contributed by atoms with Crippen LogP contribution in [0.25, 0.3) is 0 Å². The Morgan fingerprint density at radius 2 is 1.83 bits per heavy atom. The predicted molar refractivity (Wildman–Crippen MR) is 94.9 cm³/mol. The van der Waals surface area contributed by atoms with Gasteiger partial charge in [0.2, 0.25) is 5.88 Å². The van der Waals surface area contributed by atoms with Gasteiger partial charge in [-0.15, -0.1) is 12.3 Å². The van der Waals surface area contributed by atoms with E-state index in [9.17, 15) is 9.59 Å². The van der Waals surface area contributed by atoms with E-state index in [1.54, 1.807) is 0 Å². The number of aryl methyl sites for hydroxylation is 2. The molecule has 0 saturated heterocycles. The SMILES string of the molecule is C#CCCn1c(Oc2cc(C)cc(C)c2)c(C(C)C)c(=O)[nH]c1=O. The second-order valence-corrected chi connectivity index (χ2v) is 6.16. The van der Waals surface area contributed by atoms with E-state index in [1.165, 1.54) is 4.57 Å². The van der Waals surface area contributed by atoms with Gasteiger partial charge < -0.3 is 4.74 Å². The number of nitrogens with one attached hydrogen (secondary N) is 1. The van der Waals surface area contributed by atoms with Gasteiger partial charge in [-0.1, -0.05) is 19.9 Å². The van der Waals surface area contributed by atoms with Crippen LogP contribution in [0.2, 0.25) is 0 Å². The fourth-order valence-corrected chi connectivity index (χ4v) is 2.67. The average molecular weight is 326 g/mol. The molecule has 2 aromatic rings. The van der Waals surface area contributed by atoms with Crippen LogP contribution in [0.15, 0.2) is 27.8 Å². The van der Waals surface area contributed by atoms with E-state index in [1.807, 2.05) is 45.9 Å². The fourth-order valence-electron chi connectivity index (χ4n) is 2.67. The molecule has 5 heteroatoms. The highest BCUT2D eigenvalue weighted by Gasteiger charge is 2.19. The van der Waals surface area contributed by atoms with Crippen molar-refractivity contribution in [3.8, 4) is 24.0 Å². The number of H-pyrrole nitrogens is 1. The molecule has 0 aliphatic heterocycles. The lowest BCUT2D eigenvalue weighted by atomic mass is 10.1. The van der Waals surface area contributed by atoms with E-state index < -0.39 is 11.2 Å². The number of hydrogen-bond acceptors (Lipinski definition) is 3. The minimum absolute atomic E-state index is 0.104. The number of terminal acetylenes is 1. The summed E-state index contributed by atoms with van der Waals surface area (Å²) in [6.45, 7) is 7.98. The molecule has 0 unspecified atom stereocenters. The third-order valence-corrected chi connectivity index (χ3v) is 3.65. The van der Waals surface area contributed by atoms with Crippen LogP contribution in [0.5, 0.6) is 11.6 Å². The van der Waals surface area contributed by atoms with Gasteiger partial charge in [-0.2, -0.15) is 0 Å². The zero-order valence-electron chi connectivity index (χ0n) is 14.5. The van der Waals surface area contributed by atoms with Crippen LogP contribution in [0.3, 0.4) is 0 Å². The van der Waals surface area contributed by atoms with E-state index in [0.29, 0.717) is 17.7 Å². The molecule has 0 spiro atoms. The molecule has 1 aromatic carbocycles. The van der Waals surface area contributed by atoms with Crippen LogP contribution in [-0.4, -0.2) is 9.55 Å². The van der Waals surface area contributed by atoms with Crippen molar-refractivity contribution >= 4 is 0 Å². The Morgan fingerprint density at radius 3 is 2.38 bits per heavy atom. The summed E-state index contributed by atoms with van der Waals surface area (Å²) in [6, 6.07) is 5.77. The standard InChI is InChI=1S/C19H22N2O3/c1-6-7-8-21-18(16(12(2)3)17(22)20-19(21)23)24-15-10-13(4)9-14(5)11-15/h1,9-12H,7-8H2,2-5H3,(H,20,22,23). The summed E-state index contributed by atoms with van der Waals surface area (Å²) in [5, 5.41) is 0. The second-order valence-electron chi connectivity index (χ2n) is 6.16. The summed E-state index contributed by atoms with van der Waals surface area (Å²) in [4.78, 5) is 26.8. The summed E-state index contributed by atoms with van der Waals surface area (Å²) in [7, 11) is 0. The van der Waals surface area contributed by atoms with Gasteiger partial charge in [0.1, 0.15) is 5.75 Å². The maximum atomic E-state index is 12.3. The quantitative estimate of drug-likeness (QED) is 0.859. The molecule has 1 heterocycles. The monoisotopic (exact) mass is 326 g/mol. The van der Waals surface area contributed by atoms with Crippen LogP contribution in [0, 0.1) is 26.2 Å². The lowest BCUT2D eigenvalue weighted by Gasteiger charge is -2.18. The summed E-state index contributed by atoms with van der Waals surface area (Å²) in [5.74, 6) is 3.26. The first kappa shape index (κ1) is 17.6. The summed E-state index contributed by atoms with van der Waals surface area (Å²) >= 11 is 0. The molecule has 0 bridgehead atoms. The molecular formula is C19H22N2O3. The van der Waals surface area contributed by atoms with Gasteiger partial charge in [0.05, 0.1) is 5.56 Å². The van der Waals surface area contributed by atoms with E-state index in [2.05, 4.69) is 10.9 Å². The molecular weight excluding hydrogens is 304 g/mol. The summed E-state index contributed by atoms with van der Waals surface area (Å²) in [6.07, 6.45) is 5.69. The normalized spacial score (nSPS) is 10.7. The topological polar surface area (TPSA) is 64.1 Å².